The highest BCUT2D eigenvalue weighted by Gasteiger charge is 2.36. The van der Waals surface area contributed by atoms with E-state index in [-0.39, 0.29) is 5.41 Å². The third-order valence-corrected chi connectivity index (χ3v) is 13.9. The first-order valence-corrected chi connectivity index (χ1v) is 22.7. The number of hydrogen-bond donors (Lipinski definition) is 0. The van der Waals surface area contributed by atoms with Crippen LogP contribution in [0.3, 0.4) is 0 Å². The van der Waals surface area contributed by atoms with Crippen LogP contribution in [-0.2, 0) is 5.41 Å². The lowest BCUT2D eigenvalue weighted by atomic mass is 9.81. The van der Waals surface area contributed by atoms with Crippen molar-refractivity contribution in [1.82, 2.24) is 0 Å². The highest BCUT2D eigenvalue weighted by Crippen LogP contribution is 2.52. The summed E-state index contributed by atoms with van der Waals surface area (Å²) in [4.78, 5) is 2.40. The number of hydrogen-bond acceptors (Lipinski definition) is 3. The fraction of sp³-hybridized carbons (Fsp3) is 0.0476. The van der Waals surface area contributed by atoms with Crippen molar-refractivity contribution in [2.75, 3.05) is 4.90 Å². The minimum absolute atomic E-state index is 0.192. The van der Waals surface area contributed by atoms with E-state index in [9.17, 15) is 0 Å². The van der Waals surface area contributed by atoms with E-state index in [1.165, 1.54) is 33.4 Å². The lowest BCUT2D eigenvalue weighted by Gasteiger charge is -2.28. The second kappa shape index (κ2) is 14.8. The smallest absolute Gasteiger partial charge is 0.143 e. The second-order valence-corrected chi connectivity index (χ2v) is 18.1. The predicted octanol–water partition coefficient (Wildman–Crippen LogP) is 17.9. The molecular formula is C63H43NO2. The summed E-state index contributed by atoms with van der Waals surface area (Å²) in [5, 5.41) is 4.54. The summed E-state index contributed by atoms with van der Waals surface area (Å²) < 4.78 is 12.5. The molecule has 312 valence electrons. The van der Waals surface area contributed by atoms with Crippen molar-refractivity contribution < 1.29 is 8.83 Å². The van der Waals surface area contributed by atoms with E-state index in [2.05, 4.69) is 219 Å². The Hall–Kier alpha value is -8.40. The highest BCUT2D eigenvalue weighted by atomic mass is 16.3. The molecule has 0 bridgehead atoms. The maximum atomic E-state index is 6.38. The lowest BCUT2D eigenvalue weighted by molar-refractivity contribution is 0.660. The van der Waals surface area contributed by atoms with Gasteiger partial charge in [-0.25, -0.2) is 0 Å². The van der Waals surface area contributed by atoms with Crippen molar-refractivity contribution in [1.29, 1.82) is 0 Å². The van der Waals surface area contributed by atoms with Gasteiger partial charge in [-0.3, -0.25) is 0 Å². The molecule has 0 fully saturated rings. The van der Waals surface area contributed by atoms with E-state index in [0.717, 1.165) is 94.3 Å². The first-order valence-electron chi connectivity index (χ1n) is 22.7. The number of furan rings is 2. The third-order valence-electron chi connectivity index (χ3n) is 13.9. The summed E-state index contributed by atoms with van der Waals surface area (Å²) in [6, 6.07) is 81.0. The Morgan fingerprint density at radius 3 is 1.48 bits per heavy atom. The van der Waals surface area contributed by atoms with Crippen LogP contribution < -0.4 is 4.90 Å². The minimum atomic E-state index is -0.192. The number of nitrogens with zero attached hydrogens (tertiary/aromatic N) is 1. The molecule has 13 rings (SSSR count). The van der Waals surface area contributed by atoms with Gasteiger partial charge in [0.25, 0.3) is 0 Å². The van der Waals surface area contributed by atoms with E-state index in [1.807, 2.05) is 24.3 Å². The maximum Gasteiger partial charge on any atom is 0.143 e. The third kappa shape index (κ3) is 6.12. The summed E-state index contributed by atoms with van der Waals surface area (Å²) in [5.74, 6) is 0. The molecule has 3 nitrogen and oxygen atoms in total. The zero-order chi connectivity index (χ0) is 43.9. The van der Waals surface area contributed by atoms with Crippen LogP contribution in [0.2, 0.25) is 0 Å². The highest BCUT2D eigenvalue weighted by molar-refractivity contribution is 6.10. The molecule has 12 aromatic rings. The Morgan fingerprint density at radius 2 is 0.773 bits per heavy atom. The molecule has 0 N–H and O–H groups in total. The largest absolute Gasteiger partial charge is 0.456 e. The molecule has 0 unspecified atom stereocenters. The minimum Gasteiger partial charge on any atom is -0.456 e. The van der Waals surface area contributed by atoms with Crippen molar-refractivity contribution in [2.24, 2.45) is 0 Å². The molecule has 0 amide bonds. The van der Waals surface area contributed by atoms with E-state index in [0.29, 0.717) is 0 Å². The fourth-order valence-corrected chi connectivity index (χ4v) is 10.5. The number of para-hydroxylation sites is 3. The van der Waals surface area contributed by atoms with Crippen molar-refractivity contribution in [3.8, 4) is 55.6 Å². The van der Waals surface area contributed by atoms with Crippen LogP contribution in [0.1, 0.15) is 25.0 Å². The SMILES string of the molecule is CC1(C)c2cc(-c3ccccc3)ccc2-c2ccc(N(c3ccc(-c4ccc(-c5cccc6c5oc5ccccc56)cc4)cc3)c3ccc(-c4ccc5oc6ccccc6c5c4)cc3)cc21. The Bertz CT molecular complexity index is 3820. The van der Waals surface area contributed by atoms with Gasteiger partial charge >= 0.3 is 0 Å². The van der Waals surface area contributed by atoms with Gasteiger partial charge in [-0.15, -0.1) is 0 Å². The Kier molecular flexibility index (Phi) is 8.56. The van der Waals surface area contributed by atoms with Crippen molar-refractivity contribution in [2.45, 2.75) is 19.3 Å². The molecule has 10 aromatic carbocycles. The van der Waals surface area contributed by atoms with Gasteiger partial charge in [-0.05, 0) is 128 Å². The first-order chi connectivity index (χ1) is 32.4. The average Bonchev–Trinajstić information content (AvgIpc) is 4.02. The van der Waals surface area contributed by atoms with E-state index < -0.39 is 0 Å². The number of rotatable bonds is 7. The molecule has 0 atom stereocenters. The van der Waals surface area contributed by atoms with Crippen molar-refractivity contribution >= 4 is 60.9 Å². The molecule has 2 heterocycles. The van der Waals surface area contributed by atoms with Gasteiger partial charge < -0.3 is 13.7 Å². The van der Waals surface area contributed by atoms with E-state index >= 15 is 0 Å². The van der Waals surface area contributed by atoms with Crippen molar-refractivity contribution in [3.63, 3.8) is 0 Å². The molecule has 0 aliphatic heterocycles. The zero-order valence-electron chi connectivity index (χ0n) is 36.6. The quantitative estimate of drug-likeness (QED) is 0.160. The van der Waals surface area contributed by atoms with Gasteiger partial charge in [0.05, 0.1) is 0 Å². The predicted molar refractivity (Wildman–Crippen MR) is 275 cm³/mol. The normalized spacial score (nSPS) is 12.8. The molecular weight excluding hydrogens is 803 g/mol. The van der Waals surface area contributed by atoms with E-state index in [1.54, 1.807) is 0 Å². The summed E-state index contributed by atoms with van der Waals surface area (Å²) in [5.41, 5.74) is 21.4. The van der Waals surface area contributed by atoms with Gasteiger partial charge in [0, 0.05) is 49.6 Å². The molecule has 1 aliphatic rings. The molecule has 0 spiro atoms. The van der Waals surface area contributed by atoms with Gasteiger partial charge in [0.2, 0.25) is 0 Å². The standard InChI is InChI=1S/C63H43NO2/c1-63(2)57-38-46(40-11-4-3-5-12-40)27-34-51(57)52-35-33-49(39-58(52)63)64(48-31-25-43(26-32-48)45-28-36-61-56(37-45)54-14-7-8-17-59(54)65-61)47-29-23-42(24-30-47)41-19-21-44(22-20-41)50-15-10-16-55-53-13-6-9-18-60(53)66-62(50)55/h3-39H,1-2H3. The van der Waals surface area contributed by atoms with Crippen LogP contribution in [0.4, 0.5) is 17.1 Å². The fourth-order valence-electron chi connectivity index (χ4n) is 10.5. The van der Waals surface area contributed by atoms with E-state index in [4.69, 9.17) is 8.83 Å². The second-order valence-electron chi connectivity index (χ2n) is 18.1. The summed E-state index contributed by atoms with van der Waals surface area (Å²) in [6.45, 7) is 4.74. The van der Waals surface area contributed by atoms with Gasteiger partial charge in [0.15, 0.2) is 0 Å². The number of anilines is 3. The molecule has 66 heavy (non-hydrogen) atoms. The van der Waals surface area contributed by atoms with Crippen LogP contribution >= 0.6 is 0 Å². The summed E-state index contributed by atoms with van der Waals surface area (Å²) in [6.07, 6.45) is 0. The van der Waals surface area contributed by atoms with Crippen LogP contribution in [0.5, 0.6) is 0 Å². The van der Waals surface area contributed by atoms with Crippen LogP contribution in [0.15, 0.2) is 233 Å². The maximum absolute atomic E-state index is 6.38. The summed E-state index contributed by atoms with van der Waals surface area (Å²) >= 11 is 0. The van der Waals surface area contributed by atoms with Gasteiger partial charge in [0.1, 0.15) is 22.3 Å². The Labute approximate surface area is 383 Å². The average molecular weight is 846 g/mol. The number of benzene rings is 10. The van der Waals surface area contributed by atoms with Crippen LogP contribution in [-0.4, -0.2) is 0 Å². The number of fused-ring (bicyclic) bond motifs is 9. The summed E-state index contributed by atoms with van der Waals surface area (Å²) in [7, 11) is 0. The zero-order valence-corrected chi connectivity index (χ0v) is 36.6. The lowest BCUT2D eigenvalue weighted by Crippen LogP contribution is -2.16. The molecule has 1 aliphatic carbocycles. The van der Waals surface area contributed by atoms with Crippen LogP contribution in [0, 0.1) is 0 Å². The van der Waals surface area contributed by atoms with Crippen molar-refractivity contribution in [3.05, 3.63) is 236 Å². The molecule has 0 saturated heterocycles. The first kappa shape index (κ1) is 38.1. The molecule has 0 radical (unpaired) electrons. The Morgan fingerprint density at radius 1 is 0.303 bits per heavy atom. The van der Waals surface area contributed by atoms with Crippen LogP contribution in [0.25, 0.3) is 99.5 Å². The monoisotopic (exact) mass is 845 g/mol. The topological polar surface area (TPSA) is 29.5 Å². The molecule has 3 heteroatoms. The van der Waals surface area contributed by atoms with Gasteiger partial charge in [-0.2, -0.15) is 0 Å². The Balaban J connectivity index is 0.869. The van der Waals surface area contributed by atoms with Gasteiger partial charge in [-0.1, -0.05) is 172 Å². The molecule has 2 aromatic heterocycles. The molecule has 0 saturated carbocycles.